The smallest absolute Gasteiger partial charge is 0.382 e. The second kappa shape index (κ2) is 6.89. The van der Waals surface area contributed by atoms with Crippen LogP contribution >= 0.6 is 11.6 Å². The lowest BCUT2D eigenvalue weighted by molar-refractivity contribution is -0.207. The SMILES string of the molecule is CC(C(N)=O)n1nc(-c2ccc(Cl)cc2)n(C[C@@H](O)C(F)(F)F)c1=O. The molecule has 0 aliphatic carbocycles. The summed E-state index contributed by atoms with van der Waals surface area (Å²) in [6.45, 7) is 0.207. The number of aliphatic hydroxyl groups is 1. The number of benzene rings is 1. The van der Waals surface area contributed by atoms with E-state index in [2.05, 4.69) is 5.10 Å². The average molecular weight is 379 g/mol. The molecule has 0 bridgehead atoms. The standard InChI is InChI=1S/C14H14ClF3N4O3/c1-7(11(19)24)22-13(25)21(6-10(23)14(16,17)18)12(20-22)8-2-4-9(15)5-3-8/h2-5,7,10,23H,6H2,1H3,(H2,19,24)/t7?,10-/m1/s1. The maximum absolute atomic E-state index is 12.7. The molecule has 1 unspecified atom stereocenters. The van der Waals surface area contributed by atoms with Crippen molar-refractivity contribution in [2.45, 2.75) is 31.8 Å². The van der Waals surface area contributed by atoms with Gasteiger partial charge in [0.15, 0.2) is 11.9 Å². The van der Waals surface area contributed by atoms with Crippen molar-refractivity contribution >= 4 is 17.5 Å². The van der Waals surface area contributed by atoms with Crippen LogP contribution in [0.3, 0.4) is 0 Å². The Balaban J connectivity index is 2.59. The molecular formula is C14H14ClF3N4O3. The zero-order valence-corrected chi connectivity index (χ0v) is 13.6. The van der Waals surface area contributed by atoms with Gasteiger partial charge in [-0.2, -0.15) is 13.2 Å². The number of nitrogens with zero attached hydrogens (tertiary/aromatic N) is 3. The fourth-order valence-electron chi connectivity index (χ4n) is 2.04. The minimum absolute atomic E-state index is 0.155. The predicted octanol–water partition coefficient (Wildman–Crippen LogP) is 1.33. The molecule has 2 aromatic rings. The van der Waals surface area contributed by atoms with E-state index in [1.807, 2.05) is 0 Å². The largest absolute Gasteiger partial charge is 0.416 e. The first-order valence-electron chi connectivity index (χ1n) is 7.01. The van der Waals surface area contributed by atoms with Crippen LogP contribution in [0.5, 0.6) is 0 Å². The monoisotopic (exact) mass is 378 g/mol. The Morgan fingerprint density at radius 1 is 1.36 bits per heavy atom. The fraction of sp³-hybridized carbons (Fsp3) is 0.357. The van der Waals surface area contributed by atoms with Crippen molar-refractivity contribution in [3.8, 4) is 11.4 Å². The van der Waals surface area contributed by atoms with Gasteiger partial charge in [-0.15, -0.1) is 5.10 Å². The molecule has 0 saturated heterocycles. The molecule has 0 fully saturated rings. The first kappa shape index (κ1) is 19.0. The van der Waals surface area contributed by atoms with Crippen molar-refractivity contribution in [2.75, 3.05) is 0 Å². The maximum Gasteiger partial charge on any atom is 0.416 e. The van der Waals surface area contributed by atoms with E-state index in [0.717, 1.165) is 0 Å². The van der Waals surface area contributed by atoms with Gasteiger partial charge < -0.3 is 10.8 Å². The molecule has 25 heavy (non-hydrogen) atoms. The highest BCUT2D eigenvalue weighted by Crippen LogP contribution is 2.24. The summed E-state index contributed by atoms with van der Waals surface area (Å²) in [6.07, 6.45) is -7.70. The number of amides is 1. The van der Waals surface area contributed by atoms with E-state index in [1.165, 1.54) is 31.2 Å². The molecule has 1 aromatic carbocycles. The van der Waals surface area contributed by atoms with Gasteiger partial charge in [0.2, 0.25) is 5.91 Å². The molecule has 0 saturated carbocycles. The number of carbonyl (C=O) groups excluding carboxylic acids is 1. The summed E-state index contributed by atoms with van der Waals surface area (Å²) in [5, 5.41) is 13.6. The minimum Gasteiger partial charge on any atom is -0.382 e. The van der Waals surface area contributed by atoms with Gasteiger partial charge in [0.25, 0.3) is 0 Å². The van der Waals surface area contributed by atoms with Gasteiger partial charge in [0.05, 0.1) is 6.54 Å². The quantitative estimate of drug-likeness (QED) is 0.819. The molecule has 1 amide bonds. The zero-order chi connectivity index (χ0) is 18.9. The Bertz CT molecular complexity index is 829. The second-order valence-electron chi connectivity index (χ2n) is 5.30. The summed E-state index contributed by atoms with van der Waals surface area (Å²) >= 11 is 5.77. The number of carbonyl (C=O) groups is 1. The lowest BCUT2D eigenvalue weighted by Gasteiger charge is -2.15. The summed E-state index contributed by atoms with van der Waals surface area (Å²) in [6, 6.07) is 4.63. The average Bonchev–Trinajstić information content (AvgIpc) is 2.83. The van der Waals surface area contributed by atoms with Crippen LogP contribution in [-0.2, 0) is 11.3 Å². The van der Waals surface area contributed by atoms with Crippen LogP contribution < -0.4 is 11.4 Å². The minimum atomic E-state index is -4.92. The first-order valence-corrected chi connectivity index (χ1v) is 7.39. The number of rotatable bonds is 5. The predicted molar refractivity (Wildman–Crippen MR) is 82.9 cm³/mol. The van der Waals surface area contributed by atoms with E-state index in [4.69, 9.17) is 17.3 Å². The maximum atomic E-state index is 12.7. The number of hydrogen-bond acceptors (Lipinski definition) is 4. The van der Waals surface area contributed by atoms with Crippen LogP contribution in [0.1, 0.15) is 13.0 Å². The summed E-state index contributed by atoms with van der Waals surface area (Å²) in [4.78, 5) is 23.7. The van der Waals surface area contributed by atoms with Crippen molar-refractivity contribution in [3.63, 3.8) is 0 Å². The van der Waals surface area contributed by atoms with Gasteiger partial charge in [-0.25, -0.2) is 9.48 Å². The summed E-state index contributed by atoms with van der Waals surface area (Å²) in [5.74, 6) is -1.04. The highest BCUT2D eigenvalue weighted by Gasteiger charge is 2.39. The number of hydrogen-bond donors (Lipinski definition) is 2. The van der Waals surface area contributed by atoms with E-state index >= 15 is 0 Å². The lowest BCUT2D eigenvalue weighted by Crippen LogP contribution is -2.38. The van der Waals surface area contributed by atoms with Crippen LogP contribution in [0, 0.1) is 0 Å². The Kier molecular flexibility index (Phi) is 5.23. The van der Waals surface area contributed by atoms with E-state index < -0.39 is 36.5 Å². The highest BCUT2D eigenvalue weighted by molar-refractivity contribution is 6.30. The number of halogens is 4. The van der Waals surface area contributed by atoms with Gasteiger partial charge in [0.1, 0.15) is 6.04 Å². The van der Waals surface area contributed by atoms with E-state index in [-0.39, 0.29) is 11.4 Å². The molecule has 136 valence electrons. The van der Waals surface area contributed by atoms with Crippen molar-refractivity contribution in [1.82, 2.24) is 14.3 Å². The van der Waals surface area contributed by atoms with Gasteiger partial charge in [-0.05, 0) is 31.2 Å². The fourth-order valence-corrected chi connectivity index (χ4v) is 2.17. The second-order valence-corrected chi connectivity index (χ2v) is 5.74. The molecule has 0 radical (unpaired) electrons. The van der Waals surface area contributed by atoms with E-state index in [0.29, 0.717) is 14.3 Å². The van der Waals surface area contributed by atoms with Gasteiger partial charge in [-0.1, -0.05) is 11.6 Å². The Morgan fingerprint density at radius 3 is 2.40 bits per heavy atom. The molecule has 1 aromatic heterocycles. The number of aliphatic hydroxyl groups excluding tert-OH is 1. The van der Waals surface area contributed by atoms with Crippen molar-refractivity contribution in [3.05, 3.63) is 39.8 Å². The molecule has 3 N–H and O–H groups in total. The molecule has 0 spiro atoms. The van der Waals surface area contributed by atoms with Crippen LogP contribution in [-0.4, -0.2) is 37.6 Å². The third kappa shape index (κ3) is 4.02. The lowest BCUT2D eigenvalue weighted by atomic mass is 10.2. The number of alkyl halides is 3. The third-order valence-electron chi connectivity index (χ3n) is 3.50. The number of primary amides is 1. The topological polar surface area (TPSA) is 103 Å². The van der Waals surface area contributed by atoms with Crippen LogP contribution in [0.15, 0.2) is 29.1 Å². The van der Waals surface area contributed by atoms with Crippen molar-refractivity contribution in [1.29, 1.82) is 0 Å². The van der Waals surface area contributed by atoms with Gasteiger partial charge in [-0.3, -0.25) is 9.36 Å². The number of aromatic nitrogens is 3. The van der Waals surface area contributed by atoms with E-state index in [9.17, 15) is 27.9 Å². The normalized spacial score (nSPS) is 14.3. The van der Waals surface area contributed by atoms with Crippen LogP contribution in [0.2, 0.25) is 5.02 Å². The molecule has 1 heterocycles. The van der Waals surface area contributed by atoms with Gasteiger partial charge in [0, 0.05) is 10.6 Å². The molecule has 2 rings (SSSR count). The Labute approximate surface area is 144 Å². The summed E-state index contributed by atoms with van der Waals surface area (Å²) in [5.41, 5.74) is 4.41. The summed E-state index contributed by atoms with van der Waals surface area (Å²) in [7, 11) is 0. The molecule has 11 heteroatoms. The zero-order valence-electron chi connectivity index (χ0n) is 12.9. The molecule has 7 nitrogen and oxygen atoms in total. The molecule has 2 atom stereocenters. The molecular weight excluding hydrogens is 365 g/mol. The van der Waals surface area contributed by atoms with E-state index in [1.54, 1.807) is 0 Å². The van der Waals surface area contributed by atoms with Crippen LogP contribution in [0.4, 0.5) is 13.2 Å². The van der Waals surface area contributed by atoms with Crippen molar-refractivity contribution in [2.24, 2.45) is 5.73 Å². The number of nitrogens with two attached hydrogens (primary N) is 1. The Hall–Kier alpha value is -2.33. The Morgan fingerprint density at radius 2 is 1.92 bits per heavy atom. The van der Waals surface area contributed by atoms with Crippen LogP contribution in [0.25, 0.3) is 11.4 Å². The highest BCUT2D eigenvalue weighted by atomic mass is 35.5. The van der Waals surface area contributed by atoms with Crippen molar-refractivity contribution < 1.29 is 23.1 Å². The first-order chi connectivity index (χ1) is 11.5. The molecule has 0 aliphatic heterocycles. The van der Waals surface area contributed by atoms with Gasteiger partial charge >= 0.3 is 11.9 Å². The summed E-state index contributed by atoms with van der Waals surface area (Å²) < 4.78 is 39.3. The molecule has 0 aliphatic rings. The third-order valence-corrected chi connectivity index (χ3v) is 3.75.